The Bertz CT molecular complexity index is 369. The normalized spacial score (nSPS) is 12.2. The lowest BCUT2D eigenvalue weighted by Gasteiger charge is -2.09. The van der Waals surface area contributed by atoms with Gasteiger partial charge in [0, 0.05) is 16.1 Å². The fourth-order valence-electron chi connectivity index (χ4n) is 1.05. The number of hydrogen-bond acceptors (Lipinski definition) is 3. The Kier molecular flexibility index (Phi) is 2.91. The van der Waals surface area contributed by atoms with Crippen LogP contribution in [0, 0.1) is 11.3 Å². The zero-order valence-electron chi connectivity index (χ0n) is 7.08. The Labute approximate surface area is 84.9 Å². The van der Waals surface area contributed by atoms with Crippen LogP contribution in [0.2, 0.25) is 0 Å². The van der Waals surface area contributed by atoms with E-state index in [-0.39, 0.29) is 17.4 Å². The van der Waals surface area contributed by atoms with E-state index in [4.69, 9.17) is 11.0 Å². The van der Waals surface area contributed by atoms with Crippen molar-refractivity contribution in [1.82, 2.24) is 0 Å². The van der Waals surface area contributed by atoms with E-state index in [0.29, 0.717) is 5.56 Å². The van der Waals surface area contributed by atoms with Gasteiger partial charge in [0.05, 0.1) is 5.56 Å². The van der Waals surface area contributed by atoms with E-state index in [1.807, 2.05) is 6.07 Å². The van der Waals surface area contributed by atoms with E-state index in [1.165, 1.54) is 0 Å². The second kappa shape index (κ2) is 3.77. The molecule has 13 heavy (non-hydrogen) atoms. The van der Waals surface area contributed by atoms with Gasteiger partial charge < -0.3 is 10.8 Å². The first-order valence-corrected chi connectivity index (χ1v) is 4.53. The number of phenolic OH excluding ortho intramolecular Hbond substituents is 1. The molecule has 68 valence electrons. The summed E-state index contributed by atoms with van der Waals surface area (Å²) in [6, 6.07) is 4.87. The number of hydrogen-bond donors (Lipinski definition) is 2. The fraction of sp³-hybridized carbons (Fsp3) is 0.222. The molecule has 3 nitrogen and oxygen atoms in total. The van der Waals surface area contributed by atoms with Crippen LogP contribution in [0.3, 0.4) is 0 Å². The van der Waals surface area contributed by atoms with Crippen molar-refractivity contribution in [3.63, 3.8) is 0 Å². The Balaban J connectivity index is 3.38. The fourth-order valence-corrected chi connectivity index (χ4v) is 1.53. The van der Waals surface area contributed by atoms with Crippen molar-refractivity contribution in [2.45, 2.75) is 13.0 Å². The van der Waals surface area contributed by atoms with Crippen LogP contribution in [-0.2, 0) is 0 Å². The minimum Gasteiger partial charge on any atom is -0.506 e. The molecule has 0 bridgehead atoms. The highest BCUT2D eigenvalue weighted by atomic mass is 79.9. The van der Waals surface area contributed by atoms with Crippen molar-refractivity contribution in [2.24, 2.45) is 5.73 Å². The number of nitrogens with zero attached hydrogens (tertiary/aromatic N) is 1. The van der Waals surface area contributed by atoms with Crippen molar-refractivity contribution in [3.8, 4) is 11.8 Å². The Hall–Kier alpha value is -1.05. The topological polar surface area (TPSA) is 70.0 Å². The van der Waals surface area contributed by atoms with Gasteiger partial charge >= 0.3 is 0 Å². The molecule has 0 spiro atoms. The molecule has 1 aromatic carbocycles. The summed E-state index contributed by atoms with van der Waals surface area (Å²) in [5, 5.41) is 18.2. The van der Waals surface area contributed by atoms with Gasteiger partial charge in [0.1, 0.15) is 11.8 Å². The largest absolute Gasteiger partial charge is 0.506 e. The molecule has 0 aliphatic carbocycles. The Morgan fingerprint density at radius 3 is 2.69 bits per heavy atom. The molecule has 0 aromatic heterocycles. The second-order valence-electron chi connectivity index (χ2n) is 2.79. The van der Waals surface area contributed by atoms with Crippen molar-refractivity contribution in [2.75, 3.05) is 0 Å². The van der Waals surface area contributed by atoms with Gasteiger partial charge in [-0.1, -0.05) is 15.9 Å². The first-order valence-electron chi connectivity index (χ1n) is 3.74. The quantitative estimate of drug-likeness (QED) is 0.790. The molecule has 0 fully saturated rings. The highest BCUT2D eigenvalue weighted by Crippen LogP contribution is 2.30. The van der Waals surface area contributed by atoms with Gasteiger partial charge in [-0.25, -0.2) is 0 Å². The van der Waals surface area contributed by atoms with Gasteiger partial charge in [-0.2, -0.15) is 5.26 Å². The number of benzene rings is 1. The lowest BCUT2D eigenvalue weighted by atomic mass is 10.0. The van der Waals surface area contributed by atoms with Gasteiger partial charge in [-0.3, -0.25) is 0 Å². The first-order chi connectivity index (χ1) is 6.06. The highest BCUT2D eigenvalue weighted by Gasteiger charge is 2.11. The van der Waals surface area contributed by atoms with E-state index in [0.717, 1.165) is 4.47 Å². The zero-order chi connectivity index (χ0) is 10.0. The molecular weight excluding hydrogens is 232 g/mol. The molecule has 1 atom stereocenters. The van der Waals surface area contributed by atoms with Crippen LogP contribution in [0.15, 0.2) is 16.6 Å². The first kappa shape index (κ1) is 10.0. The average Bonchev–Trinajstić information content (AvgIpc) is 2.08. The molecular formula is C9H9BrN2O. The van der Waals surface area contributed by atoms with E-state index in [2.05, 4.69) is 15.9 Å². The minimum atomic E-state index is -0.287. The highest BCUT2D eigenvalue weighted by molar-refractivity contribution is 9.10. The van der Waals surface area contributed by atoms with Crippen LogP contribution in [0.4, 0.5) is 0 Å². The van der Waals surface area contributed by atoms with Crippen molar-refractivity contribution < 1.29 is 5.11 Å². The molecule has 0 saturated heterocycles. The van der Waals surface area contributed by atoms with Gasteiger partial charge in [-0.15, -0.1) is 0 Å². The van der Waals surface area contributed by atoms with Gasteiger partial charge in [0.15, 0.2) is 0 Å². The number of halogens is 1. The summed E-state index contributed by atoms with van der Waals surface area (Å²) in [7, 11) is 0. The third kappa shape index (κ3) is 2.00. The molecule has 3 N–H and O–H groups in total. The van der Waals surface area contributed by atoms with Crippen LogP contribution in [0.1, 0.15) is 24.1 Å². The van der Waals surface area contributed by atoms with Crippen molar-refractivity contribution >= 4 is 15.9 Å². The maximum Gasteiger partial charge on any atom is 0.138 e. The standard InChI is InChI=1S/C9H9BrN2O/c1-5(12)8-3-7(10)2-6(4-11)9(8)13/h2-3,5,13H,12H2,1H3/t5-/m1/s1. The summed E-state index contributed by atoms with van der Waals surface area (Å²) < 4.78 is 0.745. The predicted molar refractivity (Wildman–Crippen MR) is 53.1 cm³/mol. The van der Waals surface area contributed by atoms with Crippen LogP contribution >= 0.6 is 15.9 Å². The minimum absolute atomic E-state index is 0.0271. The van der Waals surface area contributed by atoms with E-state index in [1.54, 1.807) is 19.1 Å². The number of rotatable bonds is 1. The molecule has 0 unspecified atom stereocenters. The lowest BCUT2D eigenvalue weighted by Crippen LogP contribution is -2.05. The Morgan fingerprint density at radius 1 is 1.62 bits per heavy atom. The predicted octanol–water partition coefficient (Wildman–Crippen LogP) is 2.05. The maximum absolute atomic E-state index is 9.56. The monoisotopic (exact) mass is 240 g/mol. The third-order valence-corrected chi connectivity index (χ3v) is 2.17. The molecule has 0 saturated carbocycles. The second-order valence-corrected chi connectivity index (χ2v) is 3.71. The summed E-state index contributed by atoms with van der Waals surface area (Å²) in [4.78, 5) is 0. The molecule has 0 heterocycles. The van der Waals surface area contributed by atoms with Crippen LogP contribution in [0.25, 0.3) is 0 Å². The number of nitriles is 1. The van der Waals surface area contributed by atoms with Crippen LogP contribution in [-0.4, -0.2) is 5.11 Å². The van der Waals surface area contributed by atoms with Crippen molar-refractivity contribution in [3.05, 3.63) is 27.7 Å². The van der Waals surface area contributed by atoms with Crippen LogP contribution < -0.4 is 5.73 Å². The van der Waals surface area contributed by atoms with E-state index in [9.17, 15) is 5.11 Å². The number of nitrogens with two attached hydrogens (primary N) is 1. The van der Waals surface area contributed by atoms with Gasteiger partial charge in [-0.05, 0) is 19.1 Å². The van der Waals surface area contributed by atoms with Gasteiger partial charge in [0.25, 0.3) is 0 Å². The third-order valence-electron chi connectivity index (χ3n) is 1.72. The van der Waals surface area contributed by atoms with Crippen molar-refractivity contribution in [1.29, 1.82) is 5.26 Å². The SMILES string of the molecule is C[C@@H](N)c1cc(Br)cc(C#N)c1O. The number of phenols is 1. The molecule has 1 aromatic rings. The van der Waals surface area contributed by atoms with E-state index < -0.39 is 0 Å². The summed E-state index contributed by atoms with van der Waals surface area (Å²) in [6.45, 7) is 1.75. The molecule has 1 rings (SSSR count). The number of aromatic hydroxyl groups is 1. The molecule has 4 heteroatoms. The van der Waals surface area contributed by atoms with Gasteiger partial charge in [0.2, 0.25) is 0 Å². The van der Waals surface area contributed by atoms with Crippen LogP contribution in [0.5, 0.6) is 5.75 Å². The smallest absolute Gasteiger partial charge is 0.138 e. The molecule has 0 aliphatic rings. The maximum atomic E-state index is 9.56. The molecule has 0 amide bonds. The lowest BCUT2D eigenvalue weighted by molar-refractivity contribution is 0.462. The summed E-state index contributed by atoms with van der Waals surface area (Å²) in [5.41, 5.74) is 6.43. The molecule has 0 radical (unpaired) electrons. The summed E-state index contributed by atoms with van der Waals surface area (Å²) in [6.07, 6.45) is 0. The average molecular weight is 241 g/mol. The van der Waals surface area contributed by atoms with E-state index >= 15 is 0 Å². The summed E-state index contributed by atoms with van der Waals surface area (Å²) in [5.74, 6) is -0.0271. The summed E-state index contributed by atoms with van der Waals surface area (Å²) >= 11 is 3.24. The zero-order valence-corrected chi connectivity index (χ0v) is 8.67. The molecule has 0 aliphatic heterocycles. The Morgan fingerprint density at radius 2 is 2.23 bits per heavy atom.